The van der Waals surface area contributed by atoms with Crippen LogP contribution in [-0.4, -0.2) is 122 Å². The first-order chi connectivity index (χ1) is 63.7. The van der Waals surface area contributed by atoms with E-state index in [1.165, 1.54) is 101 Å². The summed E-state index contributed by atoms with van der Waals surface area (Å²) in [7, 11) is 0. The minimum absolute atomic E-state index is 0.00350. The molecule has 0 atom stereocenters. The van der Waals surface area contributed by atoms with Crippen molar-refractivity contribution in [1.29, 1.82) is 0 Å². The van der Waals surface area contributed by atoms with Crippen LogP contribution in [0.15, 0.2) is 223 Å². The second-order valence-corrected chi connectivity index (χ2v) is 38.0. The zero-order chi connectivity index (χ0) is 90.7. The highest BCUT2D eigenvalue weighted by Gasteiger charge is 2.33. The monoisotopic (exact) mass is 1950 g/mol. The molecule has 0 radical (unpaired) electrons. The maximum absolute atomic E-state index is 13.2. The van der Waals surface area contributed by atoms with Crippen LogP contribution in [-0.2, 0) is 15.7 Å². The van der Waals surface area contributed by atoms with Gasteiger partial charge in [-0.25, -0.2) is 9.59 Å². The molecule has 676 valence electrons. The predicted octanol–water partition coefficient (Wildman–Crippen LogP) is 22.7. The Hall–Kier alpha value is -11.9. The molecule has 21 rings (SSSR count). The number of benzene rings is 5. The third kappa shape index (κ3) is 21.5. The Bertz CT molecular complexity index is 7040. The Kier molecular flexibility index (Phi) is 29.0. The molecule has 2 amide bonds. The van der Waals surface area contributed by atoms with Gasteiger partial charge in [0, 0.05) is 168 Å². The van der Waals surface area contributed by atoms with Gasteiger partial charge < -0.3 is 76.2 Å². The van der Waals surface area contributed by atoms with Gasteiger partial charge in [0.05, 0.1) is 41.0 Å². The van der Waals surface area contributed by atoms with Crippen LogP contribution in [0.2, 0.25) is 0 Å². The number of hydrogen-bond acceptors (Lipinski definition) is 27. The summed E-state index contributed by atoms with van der Waals surface area (Å²) in [6.45, 7) is 14.5. The van der Waals surface area contributed by atoms with Crippen molar-refractivity contribution in [2.75, 3.05) is 145 Å². The third-order valence-corrected chi connectivity index (χ3v) is 29.4. The van der Waals surface area contributed by atoms with Crippen LogP contribution < -0.4 is 71.8 Å². The van der Waals surface area contributed by atoms with Crippen LogP contribution in [0.4, 0.5) is 58.8 Å². The first-order valence-electron chi connectivity index (χ1n) is 43.2. The number of thiophene rings is 5. The first kappa shape index (κ1) is 91.0. The molecule has 23 nitrogen and oxygen atoms in total. The lowest BCUT2D eigenvalue weighted by atomic mass is 10.1. The lowest BCUT2D eigenvalue weighted by Crippen LogP contribution is -2.36. The smallest absolute Gasteiger partial charge is 0.416 e. The highest BCUT2D eigenvalue weighted by molar-refractivity contribution is 9.10. The highest BCUT2D eigenvalue weighted by atomic mass is 79.9. The summed E-state index contributed by atoms with van der Waals surface area (Å²) in [5.41, 5.74) is 10.0. The van der Waals surface area contributed by atoms with Crippen LogP contribution in [0, 0.1) is 18.8 Å². The fourth-order valence-electron chi connectivity index (χ4n) is 15.9. The Labute approximate surface area is 782 Å². The lowest BCUT2D eigenvalue weighted by Gasteiger charge is -2.27. The number of anilines is 7. The van der Waals surface area contributed by atoms with Crippen molar-refractivity contribution in [2.45, 2.75) is 77.8 Å². The van der Waals surface area contributed by atoms with Gasteiger partial charge in [0.1, 0.15) is 36.7 Å². The standard InChI is InChI=1S/C26H22F3N3O4S.C21H21NO4S.C20H19NO4S.C20H17NO2S.C11H10BrNO2S2/c1-15-5-6-18(12-20(15)26(27,28)29)31-25(34)30-17-4-2-3-16(11-17)19-14-37-24-21(33)13-22(36-23(19)24)32-7-9-35-10-8-32;1-2-25-21(24)15-8-6-14(7-9-15)16-13-27-20-17(23)12-18(26-19(16)20)22-10-4-3-5-11-22;22-15-11-18(21-6-2-1-3-7-21)25-19-14(12-26-20(15)19)13-4-5-16-17(10-13)24-9-8-23-16;22-17-13-18(21-11-5-2-6-12-21)23-19-16(14-24-20(17)19)10-9-15-7-3-1-4-8-15;12-7-6-17-11-8(14)5-9(15-10(7)11)13-1-3-16-4-2-13/h2-6,11-14H,7-10H2,1H3,(H2,30,31,34);6-9,12-13H,2-5,10-11H2,1H3;4-5,10-12H,1-3,6-9H2;1,3-4,7-8,13-14H,2,5-6,11-12H2;5-6H,1-4H2. The number of morpholine rings is 1. The maximum atomic E-state index is 13.2. The lowest BCUT2D eigenvalue weighted by molar-refractivity contribution is -0.138. The summed E-state index contributed by atoms with van der Waals surface area (Å²) in [6, 6.07) is 40.7. The number of carbonyl (C=O) groups is 2. The molecule has 5 aromatic carbocycles. The van der Waals surface area contributed by atoms with E-state index in [4.69, 9.17) is 41.0 Å². The number of rotatable bonds is 12. The van der Waals surface area contributed by atoms with E-state index in [0.717, 1.165) is 158 Å². The van der Waals surface area contributed by atoms with Gasteiger partial charge in [-0.05, 0) is 170 Å². The molecule has 0 bridgehead atoms. The molecule has 33 heteroatoms. The number of esters is 1. The SMILES string of the molecule is CCOC(=O)c1ccc(-c2csc3c(=O)cc(N4CCCCC4)oc23)cc1.Cc1ccc(NC(=O)Nc2cccc(-c3csc4c(=O)cc(N5CCOCC5)oc34)c2)cc1C(F)(F)F.O=c1cc(N2CCCCC2)oc2c(-c3ccc4c(c3)OCCO4)csc12.O=c1cc(N2CCCCC2)oc2c(C#Cc3ccccc3)csc12.O=c1cc(N2CCSCC2)oc2c(Br)csc12. The number of ether oxygens (including phenoxy) is 4. The summed E-state index contributed by atoms with van der Waals surface area (Å²) in [5.74, 6) is 12.8. The highest BCUT2D eigenvalue weighted by Crippen LogP contribution is 2.43. The number of hydrogen-bond donors (Lipinski definition) is 2. The Morgan fingerprint density at radius 3 is 1.40 bits per heavy atom. The van der Waals surface area contributed by atoms with Crippen LogP contribution in [0.1, 0.15) is 97.3 Å². The van der Waals surface area contributed by atoms with Gasteiger partial charge in [0.15, 0.2) is 68.8 Å². The van der Waals surface area contributed by atoms with Crippen molar-refractivity contribution < 1.29 is 63.8 Å². The van der Waals surface area contributed by atoms with E-state index in [0.29, 0.717) is 149 Å². The van der Waals surface area contributed by atoms with Crippen molar-refractivity contribution in [2.24, 2.45) is 0 Å². The van der Waals surface area contributed by atoms with Gasteiger partial charge in [-0.3, -0.25) is 24.0 Å². The molecular formula is C98H89BrF3N7O16S6. The van der Waals surface area contributed by atoms with Gasteiger partial charge in [-0.2, -0.15) is 24.9 Å². The number of thioether (sulfide) groups is 1. The van der Waals surface area contributed by atoms with Crippen LogP contribution in [0.5, 0.6) is 11.5 Å². The van der Waals surface area contributed by atoms with E-state index in [1.54, 1.807) is 61.5 Å². The quantitative estimate of drug-likeness (QED) is 0.0850. The number of nitrogens with zero attached hydrogens (tertiary/aromatic N) is 5. The summed E-state index contributed by atoms with van der Waals surface area (Å²) in [5, 5.41) is 14.6. The number of halogens is 4. The molecule has 2 N–H and O–H groups in total. The molecule has 0 spiro atoms. The number of carbonyl (C=O) groups excluding carboxylic acids is 2. The number of aryl methyl sites for hydroxylation is 1. The molecule has 6 aliphatic rings. The molecule has 5 saturated heterocycles. The number of piperidine rings is 3. The van der Waals surface area contributed by atoms with Crippen molar-refractivity contribution >= 4 is 189 Å². The Morgan fingerprint density at radius 1 is 0.435 bits per heavy atom. The van der Waals surface area contributed by atoms with E-state index in [2.05, 4.69) is 58.0 Å². The number of nitrogens with one attached hydrogen (secondary N) is 2. The van der Waals surface area contributed by atoms with E-state index >= 15 is 0 Å². The molecule has 16 heterocycles. The molecule has 0 aliphatic carbocycles. The fourth-order valence-corrected chi connectivity index (χ4v) is 21.9. The van der Waals surface area contributed by atoms with E-state index in [9.17, 15) is 46.7 Å². The van der Waals surface area contributed by atoms with Gasteiger partial charge in [-0.15, -0.1) is 56.7 Å². The van der Waals surface area contributed by atoms with E-state index in [-0.39, 0.29) is 44.4 Å². The second-order valence-electron chi connectivity index (χ2n) is 31.5. The van der Waals surface area contributed by atoms with Crippen LogP contribution in [0.3, 0.4) is 0 Å². The zero-order valence-corrected chi connectivity index (χ0v) is 77.8. The van der Waals surface area contributed by atoms with Crippen molar-refractivity contribution in [3.8, 4) is 56.7 Å². The third-order valence-electron chi connectivity index (χ3n) is 22.7. The number of fused-ring (bicyclic) bond motifs is 6. The molecule has 0 unspecified atom stereocenters. The molecule has 0 saturated carbocycles. The normalized spacial score (nSPS) is 15.1. The summed E-state index contributed by atoms with van der Waals surface area (Å²) < 4.78 is 95.7. The Morgan fingerprint density at radius 2 is 0.878 bits per heavy atom. The largest absolute Gasteiger partial charge is 0.486 e. The van der Waals surface area contributed by atoms with Crippen LogP contribution in [0.25, 0.3) is 84.8 Å². The second kappa shape index (κ2) is 41.7. The van der Waals surface area contributed by atoms with Gasteiger partial charge in [0.2, 0.25) is 27.1 Å². The van der Waals surface area contributed by atoms with Crippen LogP contribution >= 0.6 is 84.4 Å². The molecule has 5 fully saturated rings. The van der Waals surface area contributed by atoms with Crippen molar-refractivity contribution in [3.05, 3.63) is 256 Å². The summed E-state index contributed by atoms with van der Waals surface area (Å²) in [4.78, 5) is 97.2. The molecule has 10 aromatic heterocycles. The summed E-state index contributed by atoms with van der Waals surface area (Å²) >= 11 is 12.3. The topological polar surface area (TPSA) is 262 Å². The Balaban J connectivity index is 0.000000117. The number of urea groups is 1. The molecule has 6 aliphatic heterocycles. The van der Waals surface area contributed by atoms with Crippen molar-refractivity contribution in [3.63, 3.8) is 0 Å². The zero-order valence-electron chi connectivity index (χ0n) is 71.4. The van der Waals surface area contributed by atoms with E-state index < -0.39 is 17.8 Å². The van der Waals surface area contributed by atoms with Gasteiger partial charge >= 0.3 is 18.2 Å². The van der Waals surface area contributed by atoms with E-state index in [1.807, 2.05) is 110 Å². The minimum Gasteiger partial charge on any atom is -0.486 e. The molecular weight excluding hydrogens is 1860 g/mol. The maximum Gasteiger partial charge on any atom is 0.416 e. The summed E-state index contributed by atoms with van der Waals surface area (Å²) in [6.07, 6.45) is 5.99. The average molecular weight is 1950 g/mol. The number of amides is 2. The fraction of sp³-hybridized carbons (Fsp3) is 0.296. The predicted molar refractivity (Wildman–Crippen MR) is 525 cm³/mol. The number of alkyl halides is 3. The minimum atomic E-state index is -4.52. The van der Waals surface area contributed by atoms with Gasteiger partial charge in [-0.1, -0.05) is 66.4 Å². The first-order valence-corrected chi connectivity index (χ1v) is 49.5. The average Bonchev–Trinajstić information content (AvgIpc) is 1.73. The van der Waals surface area contributed by atoms with Gasteiger partial charge in [0.25, 0.3) is 0 Å². The molecule has 15 aromatic rings. The van der Waals surface area contributed by atoms with Crippen molar-refractivity contribution in [1.82, 2.24) is 0 Å². The molecule has 131 heavy (non-hydrogen) atoms.